The van der Waals surface area contributed by atoms with E-state index in [2.05, 4.69) is 10.8 Å². The summed E-state index contributed by atoms with van der Waals surface area (Å²) in [6, 6.07) is 12.7. The molecule has 1 heterocycles. The molecule has 1 amide bonds. The molecule has 3 rings (SSSR count). The molecule has 1 aliphatic rings. The lowest BCUT2D eigenvalue weighted by atomic mass is 9.96. The third-order valence-corrected chi connectivity index (χ3v) is 5.95. The molecule has 7 heteroatoms. The summed E-state index contributed by atoms with van der Waals surface area (Å²) >= 11 is 0. The molecule has 0 spiro atoms. The highest BCUT2D eigenvalue weighted by molar-refractivity contribution is 7.91. The normalized spacial score (nSPS) is 13.8. The zero-order chi connectivity index (χ0) is 20.3. The Hall–Kier alpha value is -2.85. The molecule has 0 atom stereocenters. The number of anilines is 2. The lowest BCUT2D eigenvalue weighted by Crippen LogP contribution is -2.36. The number of nitrogens with one attached hydrogen (secondary N) is 1. The molecule has 0 radical (unpaired) electrons. The van der Waals surface area contributed by atoms with Crippen molar-refractivity contribution in [2.24, 2.45) is 0 Å². The molecule has 1 N–H and O–H groups in total. The van der Waals surface area contributed by atoms with E-state index < -0.39 is 10.0 Å². The molecule has 0 saturated heterocycles. The van der Waals surface area contributed by atoms with E-state index >= 15 is 0 Å². The maximum Gasteiger partial charge on any atom is 0.236 e. The van der Waals surface area contributed by atoms with Crippen molar-refractivity contribution in [1.82, 2.24) is 0 Å². The summed E-state index contributed by atoms with van der Waals surface area (Å²) in [6.45, 7) is 4.46. The van der Waals surface area contributed by atoms with Gasteiger partial charge in [0.2, 0.25) is 15.9 Å². The van der Waals surface area contributed by atoms with Crippen LogP contribution in [0.25, 0.3) is 0 Å². The van der Waals surface area contributed by atoms with Crippen LogP contribution in [0.15, 0.2) is 36.4 Å². The Morgan fingerprint density at radius 2 is 1.89 bits per heavy atom. The van der Waals surface area contributed by atoms with Crippen molar-refractivity contribution in [3.05, 3.63) is 58.7 Å². The van der Waals surface area contributed by atoms with Gasteiger partial charge in [-0.15, -0.1) is 0 Å². The highest BCUT2D eigenvalue weighted by atomic mass is 32.2. The summed E-state index contributed by atoms with van der Waals surface area (Å²) < 4.78 is 27.7. The number of carbonyl (C=O) groups excluding carboxylic acids is 1. The fourth-order valence-corrected chi connectivity index (χ4v) is 4.61. The van der Waals surface area contributed by atoms with Gasteiger partial charge in [-0.3, -0.25) is 9.52 Å². The van der Waals surface area contributed by atoms with Crippen LogP contribution in [-0.4, -0.2) is 20.9 Å². The van der Waals surface area contributed by atoms with Gasteiger partial charge in [-0.1, -0.05) is 36.8 Å². The van der Waals surface area contributed by atoms with Crippen molar-refractivity contribution in [1.29, 1.82) is 5.26 Å². The van der Waals surface area contributed by atoms with Gasteiger partial charge in [0.15, 0.2) is 0 Å². The zero-order valence-corrected chi connectivity index (χ0v) is 16.8. The molecule has 146 valence electrons. The Morgan fingerprint density at radius 3 is 2.54 bits per heavy atom. The van der Waals surface area contributed by atoms with Gasteiger partial charge in [-0.05, 0) is 43.0 Å². The van der Waals surface area contributed by atoms with Crippen molar-refractivity contribution in [2.75, 3.05) is 16.2 Å². The van der Waals surface area contributed by atoms with Crippen LogP contribution in [0.5, 0.6) is 0 Å². The molecular weight excluding hydrogens is 374 g/mol. The van der Waals surface area contributed by atoms with Crippen molar-refractivity contribution in [3.63, 3.8) is 0 Å². The van der Waals surface area contributed by atoms with Crippen LogP contribution in [-0.2, 0) is 27.0 Å². The Labute approximate surface area is 165 Å². The summed E-state index contributed by atoms with van der Waals surface area (Å²) in [5.74, 6) is -0.147. The second-order valence-electron chi connectivity index (χ2n) is 7.04. The smallest absolute Gasteiger partial charge is 0.236 e. The topological polar surface area (TPSA) is 90.3 Å². The van der Waals surface area contributed by atoms with Crippen LogP contribution in [0.1, 0.15) is 42.0 Å². The number of nitriles is 1. The summed E-state index contributed by atoms with van der Waals surface area (Å²) in [5.41, 5.74) is 3.85. The molecule has 2 aromatic carbocycles. The average Bonchev–Trinajstić information content (AvgIpc) is 2.65. The van der Waals surface area contributed by atoms with E-state index in [1.807, 2.05) is 26.0 Å². The molecule has 28 heavy (non-hydrogen) atoms. The van der Waals surface area contributed by atoms with E-state index in [4.69, 9.17) is 0 Å². The quantitative estimate of drug-likeness (QED) is 0.808. The van der Waals surface area contributed by atoms with Crippen LogP contribution in [0, 0.1) is 18.3 Å². The molecule has 0 saturated carbocycles. The predicted octanol–water partition coefficient (Wildman–Crippen LogP) is 3.50. The highest BCUT2D eigenvalue weighted by Gasteiger charge is 2.27. The second kappa shape index (κ2) is 8.03. The summed E-state index contributed by atoms with van der Waals surface area (Å²) in [4.78, 5) is 13.9. The third-order valence-electron chi connectivity index (χ3n) is 4.69. The summed E-state index contributed by atoms with van der Waals surface area (Å²) in [5, 5.41) is 9.58. The van der Waals surface area contributed by atoms with Crippen LogP contribution >= 0.6 is 0 Å². The van der Waals surface area contributed by atoms with Gasteiger partial charge in [0.1, 0.15) is 6.07 Å². The maximum atomic E-state index is 12.6. The second-order valence-corrected chi connectivity index (χ2v) is 8.76. The van der Waals surface area contributed by atoms with E-state index in [-0.39, 0.29) is 11.7 Å². The standard InChI is InChI=1S/C21H23N3O3S/c1-3-10-24-20(25)9-8-17-11-19(12-18(13-22)21(17)24)23-28(26,27)14-16-6-4-15(2)5-7-16/h4-7,11-12,23H,3,8-10,14H2,1-2H3. The van der Waals surface area contributed by atoms with Gasteiger partial charge >= 0.3 is 0 Å². The Morgan fingerprint density at radius 1 is 1.18 bits per heavy atom. The summed E-state index contributed by atoms with van der Waals surface area (Å²) in [6.07, 6.45) is 1.63. The van der Waals surface area contributed by atoms with Crippen molar-refractivity contribution in [2.45, 2.75) is 38.9 Å². The molecule has 2 aromatic rings. The average molecular weight is 398 g/mol. The molecular formula is C21H23N3O3S. The van der Waals surface area contributed by atoms with Crippen LogP contribution < -0.4 is 9.62 Å². The number of carbonyl (C=O) groups is 1. The molecule has 0 fully saturated rings. The van der Waals surface area contributed by atoms with Crippen molar-refractivity contribution >= 4 is 27.3 Å². The molecule has 6 nitrogen and oxygen atoms in total. The van der Waals surface area contributed by atoms with Gasteiger partial charge in [0.25, 0.3) is 0 Å². The van der Waals surface area contributed by atoms with Crippen molar-refractivity contribution in [3.8, 4) is 6.07 Å². The van der Waals surface area contributed by atoms with Crippen LogP contribution in [0.4, 0.5) is 11.4 Å². The number of fused-ring (bicyclic) bond motifs is 1. The number of nitrogens with zero attached hydrogens (tertiary/aromatic N) is 2. The van der Waals surface area contributed by atoms with E-state index in [0.29, 0.717) is 41.9 Å². The highest BCUT2D eigenvalue weighted by Crippen LogP contribution is 2.34. The molecule has 1 aliphatic heterocycles. The number of rotatable bonds is 6. The number of amides is 1. The van der Waals surface area contributed by atoms with Crippen molar-refractivity contribution < 1.29 is 13.2 Å². The number of hydrogen-bond donors (Lipinski definition) is 1. The number of hydrogen-bond acceptors (Lipinski definition) is 4. The third kappa shape index (κ3) is 4.34. The minimum atomic E-state index is -3.63. The van der Waals surface area contributed by atoms with E-state index in [0.717, 1.165) is 17.5 Å². The van der Waals surface area contributed by atoms with Gasteiger partial charge in [-0.25, -0.2) is 8.42 Å². The molecule has 0 bridgehead atoms. The first-order chi connectivity index (χ1) is 13.3. The largest absolute Gasteiger partial charge is 0.311 e. The van der Waals surface area contributed by atoms with E-state index in [1.165, 1.54) is 6.07 Å². The Bertz CT molecular complexity index is 1040. The zero-order valence-electron chi connectivity index (χ0n) is 16.0. The van der Waals surface area contributed by atoms with E-state index in [1.54, 1.807) is 23.1 Å². The first-order valence-corrected chi connectivity index (χ1v) is 10.9. The minimum absolute atomic E-state index is 0.00134. The first kappa shape index (κ1) is 19.9. The predicted molar refractivity (Wildman–Crippen MR) is 110 cm³/mol. The molecule has 0 aliphatic carbocycles. The number of benzene rings is 2. The monoisotopic (exact) mass is 397 g/mol. The first-order valence-electron chi connectivity index (χ1n) is 9.26. The van der Waals surface area contributed by atoms with Gasteiger partial charge < -0.3 is 4.90 Å². The van der Waals surface area contributed by atoms with Gasteiger partial charge in [0, 0.05) is 13.0 Å². The van der Waals surface area contributed by atoms with Gasteiger partial charge in [0.05, 0.1) is 22.7 Å². The fourth-order valence-electron chi connectivity index (χ4n) is 3.43. The molecule has 0 unspecified atom stereocenters. The minimum Gasteiger partial charge on any atom is -0.311 e. The van der Waals surface area contributed by atoms with Crippen LogP contribution in [0.3, 0.4) is 0 Å². The van der Waals surface area contributed by atoms with Crippen LogP contribution in [0.2, 0.25) is 0 Å². The maximum absolute atomic E-state index is 12.6. The number of sulfonamides is 1. The Balaban J connectivity index is 1.90. The van der Waals surface area contributed by atoms with Gasteiger partial charge in [-0.2, -0.15) is 5.26 Å². The number of aryl methyl sites for hydroxylation is 2. The SMILES string of the molecule is CCCN1C(=O)CCc2cc(NS(=O)(=O)Cc3ccc(C)cc3)cc(C#N)c21. The Kier molecular flexibility index (Phi) is 5.71. The lowest BCUT2D eigenvalue weighted by Gasteiger charge is -2.30. The van der Waals surface area contributed by atoms with E-state index in [9.17, 15) is 18.5 Å². The fraction of sp³-hybridized carbons (Fsp3) is 0.333. The molecule has 0 aromatic heterocycles. The lowest BCUT2D eigenvalue weighted by molar-refractivity contribution is -0.118. The summed E-state index contributed by atoms with van der Waals surface area (Å²) in [7, 11) is -3.63.